The third-order valence-electron chi connectivity index (χ3n) is 5.66. The number of rotatable bonds is 7. The number of aryl methyl sites for hydroxylation is 2. The van der Waals surface area contributed by atoms with Crippen LogP contribution < -0.4 is 15.5 Å². The van der Waals surface area contributed by atoms with E-state index >= 15 is 0 Å². The molecule has 3 rings (SSSR count). The predicted molar refractivity (Wildman–Crippen MR) is 120 cm³/mol. The first-order valence-electron chi connectivity index (χ1n) is 10.4. The van der Waals surface area contributed by atoms with Gasteiger partial charge in [0, 0.05) is 10.6 Å². The molecule has 7 heteroatoms. The fourth-order valence-electron chi connectivity index (χ4n) is 3.73. The minimum absolute atomic E-state index is 0.0701. The van der Waals surface area contributed by atoms with Crippen molar-refractivity contribution in [2.75, 3.05) is 30.8 Å². The number of likely N-dealkylation sites (N-methyl/N-ethyl adjacent to an activating group) is 1. The van der Waals surface area contributed by atoms with Crippen LogP contribution in [0.15, 0.2) is 18.2 Å². The lowest BCUT2D eigenvalue weighted by molar-refractivity contribution is -0.870. The first-order chi connectivity index (χ1) is 14.4. The first kappa shape index (κ1) is 22.0. The number of quaternary nitrogens is 1. The van der Waals surface area contributed by atoms with Crippen LogP contribution in [0.4, 0.5) is 10.7 Å². The maximum Gasteiger partial charge on any atom is 0.279 e. The van der Waals surface area contributed by atoms with Gasteiger partial charge in [-0.3, -0.25) is 9.59 Å². The highest BCUT2D eigenvalue weighted by Gasteiger charge is 2.22. The fourth-order valence-corrected chi connectivity index (χ4v) is 4.99. The van der Waals surface area contributed by atoms with Crippen molar-refractivity contribution in [2.24, 2.45) is 0 Å². The van der Waals surface area contributed by atoms with Gasteiger partial charge in [0.15, 0.2) is 6.54 Å². The lowest BCUT2D eigenvalue weighted by atomic mass is 9.96. The largest absolute Gasteiger partial charge is 0.329 e. The number of nitrogens with one attached hydrogen (secondary N) is 3. The molecule has 6 nitrogen and oxygen atoms in total. The maximum atomic E-state index is 12.4. The molecule has 1 heterocycles. The second-order valence-corrected chi connectivity index (χ2v) is 9.11. The lowest BCUT2D eigenvalue weighted by Gasteiger charge is -2.15. The van der Waals surface area contributed by atoms with Gasteiger partial charge in [-0.15, -0.1) is 11.3 Å². The fraction of sp³-hybridized carbons (Fsp3) is 0.435. The highest BCUT2D eigenvalue weighted by molar-refractivity contribution is 7.16. The summed E-state index contributed by atoms with van der Waals surface area (Å²) in [6.45, 7) is 4.84. The summed E-state index contributed by atoms with van der Waals surface area (Å²) in [5, 5.41) is 16.1. The molecular weight excluding hydrogens is 396 g/mol. The van der Waals surface area contributed by atoms with E-state index in [0.29, 0.717) is 23.5 Å². The number of thiophene rings is 1. The number of nitrogens with zero attached hydrogens (tertiary/aromatic N) is 1. The van der Waals surface area contributed by atoms with Gasteiger partial charge in [-0.2, -0.15) is 5.26 Å². The van der Waals surface area contributed by atoms with Crippen molar-refractivity contribution in [3.63, 3.8) is 0 Å². The molecule has 2 amide bonds. The van der Waals surface area contributed by atoms with E-state index in [2.05, 4.69) is 16.7 Å². The summed E-state index contributed by atoms with van der Waals surface area (Å²) in [4.78, 5) is 27.0. The Bertz CT molecular complexity index is 990. The number of anilines is 2. The molecule has 30 heavy (non-hydrogen) atoms. The number of nitriles is 1. The van der Waals surface area contributed by atoms with E-state index in [1.165, 1.54) is 16.2 Å². The van der Waals surface area contributed by atoms with E-state index in [-0.39, 0.29) is 18.4 Å². The van der Waals surface area contributed by atoms with E-state index in [9.17, 15) is 14.9 Å². The lowest BCUT2D eigenvalue weighted by Crippen LogP contribution is -3.10. The molecule has 1 atom stereocenters. The molecule has 0 fully saturated rings. The third-order valence-corrected chi connectivity index (χ3v) is 6.86. The highest BCUT2D eigenvalue weighted by Crippen LogP contribution is 2.37. The number of carbonyl (C=O) groups is 2. The number of fused-ring (bicyclic) bond motifs is 1. The van der Waals surface area contributed by atoms with Gasteiger partial charge >= 0.3 is 0 Å². The highest BCUT2D eigenvalue weighted by atomic mass is 32.1. The first-order valence-corrected chi connectivity index (χ1v) is 11.2. The van der Waals surface area contributed by atoms with Gasteiger partial charge in [0.05, 0.1) is 25.6 Å². The molecular formula is C23H29N4O2S+. The van der Waals surface area contributed by atoms with Crippen molar-refractivity contribution in [3.05, 3.63) is 45.3 Å². The van der Waals surface area contributed by atoms with Gasteiger partial charge in [-0.1, -0.05) is 12.1 Å². The molecule has 3 N–H and O–H groups in total. The van der Waals surface area contributed by atoms with Crippen LogP contribution in [-0.2, 0) is 22.4 Å². The third kappa shape index (κ3) is 5.26. The Labute approximate surface area is 181 Å². The summed E-state index contributed by atoms with van der Waals surface area (Å²) in [5.41, 5.74) is 4.79. The van der Waals surface area contributed by atoms with Gasteiger partial charge in [-0.05, 0) is 62.3 Å². The molecule has 2 aromatic rings. The zero-order valence-corrected chi connectivity index (χ0v) is 18.7. The second kappa shape index (κ2) is 9.88. The SMILES string of the molecule is Cc1cccc(NC(=O)C[NH+](C)CCC(=O)Nc2sc3c(c2C#N)CCCC3)c1C. The average molecular weight is 426 g/mol. The van der Waals surface area contributed by atoms with Gasteiger partial charge in [-0.25, -0.2) is 0 Å². The van der Waals surface area contributed by atoms with Crippen molar-refractivity contribution in [3.8, 4) is 6.07 Å². The maximum absolute atomic E-state index is 12.4. The molecule has 0 bridgehead atoms. The van der Waals surface area contributed by atoms with E-state index < -0.39 is 0 Å². The van der Waals surface area contributed by atoms with Crippen molar-refractivity contribution in [1.82, 2.24) is 0 Å². The van der Waals surface area contributed by atoms with Gasteiger partial charge in [0.25, 0.3) is 5.91 Å². The molecule has 0 saturated heterocycles. The molecule has 1 aromatic carbocycles. The average Bonchev–Trinajstić information content (AvgIpc) is 3.06. The summed E-state index contributed by atoms with van der Waals surface area (Å²) in [7, 11) is 1.90. The Morgan fingerprint density at radius 2 is 1.93 bits per heavy atom. The Morgan fingerprint density at radius 1 is 1.17 bits per heavy atom. The van der Waals surface area contributed by atoms with Crippen molar-refractivity contribution < 1.29 is 14.5 Å². The zero-order valence-electron chi connectivity index (χ0n) is 17.9. The topological polar surface area (TPSA) is 86.4 Å². The molecule has 0 aliphatic heterocycles. The van der Waals surface area contributed by atoms with Crippen LogP contribution in [0.1, 0.15) is 46.4 Å². The van der Waals surface area contributed by atoms with Gasteiger partial charge < -0.3 is 15.5 Å². The molecule has 0 radical (unpaired) electrons. The predicted octanol–water partition coefficient (Wildman–Crippen LogP) is 2.60. The van der Waals surface area contributed by atoms with Crippen LogP contribution in [0, 0.1) is 25.2 Å². The number of hydrogen-bond acceptors (Lipinski definition) is 4. The minimum atomic E-state index is -0.112. The molecule has 158 valence electrons. The summed E-state index contributed by atoms with van der Waals surface area (Å²) in [5.74, 6) is -0.182. The van der Waals surface area contributed by atoms with E-state index in [0.717, 1.165) is 53.0 Å². The number of carbonyl (C=O) groups excluding carboxylic acids is 2. The van der Waals surface area contributed by atoms with Crippen molar-refractivity contribution >= 4 is 33.8 Å². The van der Waals surface area contributed by atoms with Crippen molar-refractivity contribution in [2.45, 2.75) is 46.0 Å². The quantitative estimate of drug-likeness (QED) is 0.637. The van der Waals surface area contributed by atoms with Crippen LogP contribution in [0.2, 0.25) is 0 Å². The molecule has 1 aliphatic carbocycles. The summed E-state index contributed by atoms with van der Waals surface area (Å²) < 4.78 is 0. The zero-order chi connectivity index (χ0) is 21.7. The van der Waals surface area contributed by atoms with Crippen LogP contribution in [-0.4, -0.2) is 32.0 Å². The second-order valence-electron chi connectivity index (χ2n) is 8.00. The number of amides is 2. The minimum Gasteiger partial charge on any atom is -0.329 e. The Balaban J connectivity index is 1.49. The number of benzene rings is 1. The normalized spacial score (nSPS) is 13.8. The van der Waals surface area contributed by atoms with Crippen molar-refractivity contribution in [1.29, 1.82) is 5.26 Å². The van der Waals surface area contributed by atoms with Gasteiger partial charge in [0.2, 0.25) is 5.91 Å². The van der Waals surface area contributed by atoms with Crippen LogP contribution in [0.3, 0.4) is 0 Å². The summed E-state index contributed by atoms with van der Waals surface area (Å²) in [6, 6.07) is 8.11. The Kier molecular flexibility index (Phi) is 7.24. The molecule has 0 spiro atoms. The summed E-state index contributed by atoms with van der Waals surface area (Å²) in [6.07, 6.45) is 4.46. The molecule has 1 aromatic heterocycles. The Hall–Kier alpha value is -2.69. The van der Waals surface area contributed by atoms with Crippen LogP contribution in [0.25, 0.3) is 0 Å². The monoisotopic (exact) mass is 425 g/mol. The smallest absolute Gasteiger partial charge is 0.279 e. The summed E-state index contributed by atoms with van der Waals surface area (Å²) >= 11 is 1.54. The van der Waals surface area contributed by atoms with E-state index in [4.69, 9.17) is 0 Å². The molecule has 1 unspecified atom stereocenters. The van der Waals surface area contributed by atoms with Gasteiger partial charge in [0.1, 0.15) is 11.1 Å². The Morgan fingerprint density at radius 3 is 2.70 bits per heavy atom. The molecule has 1 aliphatic rings. The van der Waals surface area contributed by atoms with E-state index in [1.54, 1.807) is 0 Å². The standard InChI is InChI=1S/C23H28N4O2S/c1-15-7-6-9-19(16(15)2)25-22(29)14-27(3)12-11-21(28)26-23-18(13-24)17-8-4-5-10-20(17)30-23/h6-7,9H,4-5,8,10-12,14H2,1-3H3,(H,25,29)(H,26,28)/p+1. The molecule has 0 saturated carbocycles. The van der Waals surface area contributed by atoms with Crippen LogP contribution >= 0.6 is 11.3 Å². The van der Waals surface area contributed by atoms with Crippen LogP contribution in [0.5, 0.6) is 0 Å². The number of hydrogen-bond donors (Lipinski definition) is 3. The van der Waals surface area contributed by atoms with E-state index in [1.807, 2.05) is 39.1 Å².